The van der Waals surface area contributed by atoms with E-state index in [2.05, 4.69) is 19.8 Å². The molecule has 0 bridgehead atoms. The lowest BCUT2D eigenvalue weighted by atomic mass is 9.95. The lowest BCUT2D eigenvalue weighted by Crippen LogP contribution is -2.44. The summed E-state index contributed by atoms with van der Waals surface area (Å²) in [5, 5.41) is 0.168. The van der Waals surface area contributed by atoms with Crippen molar-refractivity contribution in [3.63, 3.8) is 0 Å². The quantitative estimate of drug-likeness (QED) is 0.425. The number of likely N-dealkylation sites (tertiary alicyclic amines) is 1. The number of anilines is 1. The summed E-state index contributed by atoms with van der Waals surface area (Å²) >= 11 is 6.06. The molecule has 5 heterocycles. The highest BCUT2D eigenvalue weighted by Crippen LogP contribution is 2.41. The molecule has 1 saturated carbocycles. The third-order valence-corrected chi connectivity index (χ3v) is 8.78. The van der Waals surface area contributed by atoms with Crippen molar-refractivity contribution < 1.29 is 23.0 Å². The number of hydrogen-bond donors (Lipinski definition) is 0. The SMILES string of the molecule is CC(C)(C)OC(=O)N1CC[C@@H](N(CC2CC2)c2nc(OC[C@@]34CCCN3C[C@H](F)C4)nc3c(F)c(Cl)ncc23)C1. The number of amides is 1. The average Bonchev–Trinajstić information content (AvgIpc) is 3.27. The monoisotopic (exact) mass is 578 g/mol. The molecule has 1 aliphatic carbocycles. The fourth-order valence-electron chi connectivity index (χ4n) is 6.41. The van der Waals surface area contributed by atoms with Gasteiger partial charge in [-0.3, -0.25) is 4.90 Å². The van der Waals surface area contributed by atoms with Crippen molar-refractivity contribution in [1.82, 2.24) is 24.8 Å². The molecule has 0 aromatic carbocycles. The number of hydrogen-bond acceptors (Lipinski definition) is 8. The molecule has 2 aromatic heterocycles. The fourth-order valence-corrected chi connectivity index (χ4v) is 6.54. The van der Waals surface area contributed by atoms with Gasteiger partial charge < -0.3 is 19.3 Å². The van der Waals surface area contributed by atoms with Crippen LogP contribution in [0.15, 0.2) is 6.20 Å². The topological polar surface area (TPSA) is 83.9 Å². The van der Waals surface area contributed by atoms with Gasteiger partial charge in [0, 0.05) is 44.8 Å². The summed E-state index contributed by atoms with van der Waals surface area (Å²) in [6.45, 7) is 8.76. The van der Waals surface area contributed by atoms with Gasteiger partial charge in [-0.2, -0.15) is 9.97 Å². The van der Waals surface area contributed by atoms with Gasteiger partial charge in [0.2, 0.25) is 0 Å². The number of carbonyl (C=O) groups is 1. The Morgan fingerprint density at radius 2 is 2.02 bits per heavy atom. The number of pyridine rings is 1. The molecule has 0 N–H and O–H groups in total. The van der Waals surface area contributed by atoms with Crippen LogP contribution in [0.25, 0.3) is 10.9 Å². The van der Waals surface area contributed by atoms with Gasteiger partial charge in [-0.05, 0) is 65.3 Å². The van der Waals surface area contributed by atoms with Crippen LogP contribution in [-0.4, -0.2) is 93.5 Å². The van der Waals surface area contributed by atoms with Gasteiger partial charge >= 0.3 is 12.1 Å². The zero-order valence-corrected chi connectivity index (χ0v) is 24.1. The number of fused-ring (bicyclic) bond motifs is 2. The van der Waals surface area contributed by atoms with E-state index in [-0.39, 0.29) is 41.0 Å². The molecule has 9 nitrogen and oxygen atoms in total. The Kier molecular flexibility index (Phi) is 7.17. The van der Waals surface area contributed by atoms with E-state index < -0.39 is 17.6 Å². The number of rotatable bonds is 7. The second-order valence-electron chi connectivity index (χ2n) is 12.8. The first kappa shape index (κ1) is 27.6. The van der Waals surface area contributed by atoms with Crippen LogP contribution >= 0.6 is 11.6 Å². The lowest BCUT2D eigenvalue weighted by molar-refractivity contribution is 0.0292. The highest BCUT2D eigenvalue weighted by molar-refractivity contribution is 6.30. The predicted molar refractivity (Wildman–Crippen MR) is 147 cm³/mol. The molecule has 218 valence electrons. The largest absolute Gasteiger partial charge is 0.461 e. The second-order valence-corrected chi connectivity index (χ2v) is 13.1. The first-order chi connectivity index (χ1) is 19.0. The van der Waals surface area contributed by atoms with Crippen LogP contribution in [0.4, 0.5) is 19.4 Å². The van der Waals surface area contributed by atoms with E-state index in [1.807, 2.05) is 20.8 Å². The molecular weight excluding hydrogens is 542 g/mol. The number of ether oxygens (including phenoxy) is 2. The van der Waals surface area contributed by atoms with E-state index in [0.717, 1.165) is 32.2 Å². The van der Waals surface area contributed by atoms with Crippen molar-refractivity contribution in [2.24, 2.45) is 5.92 Å². The number of nitrogens with zero attached hydrogens (tertiary/aromatic N) is 6. The summed E-state index contributed by atoms with van der Waals surface area (Å²) in [6.07, 6.45) is 5.43. The molecule has 2 aromatic rings. The Morgan fingerprint density at radius 3 is 2.77 bits per heavy atom. The van der Waals surface area contributed by atoms with Crippen molar-refractivity contribution in [2.75, 3.05) is 44.2 Å². The Balaban J connectivity index is 1.32. The van der Waals surface area contributed by atoms with E-state index in [4.69, 9.17) is 26.1 Å². The van der Waals surface area contributed by atoms with Crippen LogP contribution < -0.4 is 9.64 Å². The van der Waals surface area contributed by atoms with Gasteiger partial charge in [0.05, 0.1) is 10.9 Å². The molecule has 0 unspecified atom stereocenters. The Bertz CT molecular complexity index is 1290. The van der Waals surface area contributed by atoms with Crippen molar-refractivity contribution in [2.45, 2.75) is 82.6 Å². The van der Waals surface area contributed by atoms with Crippen molar-refractivity contribution in [1.29, 1.82) is 0 Å². The molecule has 0 radical (unpaired) electrons. The van der Waals surface area contributed by atoms with E-state index in [1.165, 1.54) is 6.20 Å². The molecule has 12 heteroatoms. The molecule has 40 heavy (non-hydrogen) atoms. The maximum absolute atomic E-state index is 15.3. The van der Waals surface area contributed by atoms with Gasteiger partial charge in [0.25, 0.3) is 0 Å². The van der Waals surface area contributed by atoms with E-state index in [9.17, 15) is 9.18 Å². The number of alkyl halides is 1. The van der Waals surface area contributed by atoms with E-state index >= 15 is 4.39 Å². The number of halogens is 3. The predicted octanol–water partition coefficient (Wildman–Crippen LogP) is 5.00. The minimum absolute atomic E-state index is 0.0370. The zero-order chi connectivity index (χ0) is 28.2. The van der Waals surface area contributed by atoms with E-state index in [1.54, 1.807) is 4.90 Å². The standard InChI is InChI=1S/C28H37ClF2N6O3/c1-27(2,3)40-26(38)35-10-7-19(15-35)37(13-17-5-6-17)24-20-12-32-23(29)21(31)22(20)33-25(34-24)39-16-28-8-4-9-36(28)14-18(30)11-28/h12,17-19H,4-11,13-16H2,1-3H3/t18-,19-,28+/m1/s1. The van der Waals surface area contributed by atoms with Gasteiger partial charge in [0.15, 0.2) is 11.0 Å². The van der Waals surface area contributed by atoms with Crippen molar-refractivity contribution >= 4 is 34.4 Å². The van der Waals surface area contributed by atoms with Gasteiger partial charge in [-0.1, -0.05) is 11.6 Å². The summed E-state index contributed by atoms with van der Waals surface area (Å²) < 4.78 is 41.4. The highest BCUT2D eigenvalue weighted by Gasteiger charge is 2.49. The third-order valence-electron chi connectivity index (χ3n) is 8.51. The minimum Gasteiger partial charge on any atom is -0.461 e. The van der Waals surface area contributed by atoms with Crippen molar-refractivity contribution in [3.8, 4) is 6.01 Å². The smallest absolute Gasteiger partial charge is 0.410 e. The summed E-state index contributed by atoms with van der Waals surface area (Å²) in [5.41, 5.74) is -0.936. The molecule has 3 aliphatic heterocycles. The number of aromatic nitrogens is 3. The first-order valence-electron chi connectivity index (χ1n) is 14.3. The molecule has 3 saturated heterocycles. The van der Waals surface area contributed by atoms with Crippen LogP contribution in [0.2, 0.25) is 5.15 Å². The van der Waals surface area contributed by atoms with E-state index in [0.29, 0.717) is 56.1 Å². The summed E-state index contributed by atoms with van der Waals surface area (Å²) in [4.78, 5) is 32.1. The van der Waals surface area contributed by atoms with Gasteiger partial charge in [0.1, 0.15) is 29.7 Å². The summed E-state index contributed by atoms with van der Waals surface area (Å²) in [5.74, 6) is 0.272. The minimum atomic E-state index is -0.886. The van der Waals surface area contributed by atoms with Gasteiger partial charge in [-0.25, -0.2) is 18.6 Å². The van der Waals surface area contributed by atoms with Crippen LogP contribution in [0.5, 0.6) is 6.01 Å². The maximum atomic E-state index is 15.3. The second kappa shape index (κ2) is 10.4. The fraction of sp³-hybridized carbons (Fsp3) is 0.714. The lowest BCUT2D eigenvalue weighted by Gasteiger charge is -2.32. The summed E-state index contributed by atoms with van der Waals surface area (Å²) in [6, 6.07) is -0.0150. The van der Waals surface area contributed by atoms with Gasteiger partial charge in [-0.15, -0.1) is 0 Å². The van der Waals surface area contributed by atoms with Crippen molar-refractivity contribution in [3.05, 3.63) is 17.2 Å². The average molecular weight is 579 g/mol. The maximum Gasteiger partial charge on any atom is 0.410 e. The number of carbonyl (C=O) groups excluding carboxylic acids is 1. The molecule has 4 fully saturated rings. The first-order valence-corrected chi connectivity index (χ1v) is 14.7. The summed E-state index contributed by atoms with van der Waals surface area (Å²) in [7, 11) is 0. The molecule has 1 amide bonds. The third kappa shape index (κ3) is 5.51. The van der Waals surface area contributed by atoms with Crippen LogP contribution in [-0.2, 0) is 4.74 Å². The Labute approximate surface area is 238 Å². The molecular formula is C28H37ClF2N6O3. The zero-order valence-electron chi connectivity index (χ0n) is 23.3. The Hall–Kier alpha value is -2.53. The molecule has 0 spiro atoms. The molecule has 4 aliphatic rings. The molecule has 3 atom stereocenters. The molecule has 6 rings (SSSR count). The normalized spacial score (nSPS) is 26.9. The van der Waals surface area contributed by atoms with Crippen LogP contribution in [0.3, 0.4) is 0 Å². The highest BCUT2D eigenvalue weighted by atomic mass is 35.5. The van der Waals surface area contributed by atoms with Crippen LogP contribution in [0, 0.1) is 11.7 Å². The van der Waals surface area contributed by atoms with Crippen LogP contribution in [0.1, 0.15) is 59.3 Å². The Morgan fingerprint density at radius 1 is 1.23 bits per heavy atom.